The highest BCUT2D eigenvalue weighted by atomic mass is 16.9. The van der Waals surface area contributed by atoms with E-state index >= 15 is 0 Å². The topological polar surface area (TPSA) is 27.7 Å². The zero-order valence-electron chi connectivity index (χ0n) is 12.8. The lowest BCUT2D eigenvalue weighted by Crippen LogP contribution is -2.37. The van der Waals surface area contributed by atoms with Crippen molar-refractivity contribution in [1.82, 2.24) is 0 Å². The van der Waals surface area contributed by atoms with Crippen molar-refractivity contribution in [3.63, 3.8) is 0 Å². The maximum absolute atomic E-state index is 5.68. The molecule has 0 saturated heterocycles. The molecule has 0 aliphatic carbocycles. The number of hydrogen-bond acceptors (Lipinski definition) is 3. The summed E-state index contributed by atoms with van der Waals surface area (Å²) in [4.78, 5) is 0. The fraction of sp³-hybridized carbons (Fsp3) is 1.00. The number of methoxy groups -OCH3 is 2. The molecular weight excluding hydrogens is 228 g/mol. The van der Waals surface area contributed by atoms with Crippen LogP contribution in [0.5, 0.6) is 0 Å². The van der Waals surface area contributed by atoms with Crippen LogP contribution in [0.15, 0.2) is 0 Å². The van der Waals surface area contributed by atoms with Gasteiger partial charge >= 0.3 is 0 Å². The highest BCUT2D eigenvalue weighted by molar-refractivity contribution is 4.58. The van der Waals surface area contributed by atoms with Crippen LogP contribution in [0.25, 0.3) is 0 Å². The fourth-order valence-electron chi connectivity index (χ4n) is 2.03. The summed E-state index contributed by atoms with van der Waals surface area (Å²) >= 11 is 0. The molecule has 110 valence electrons. The van der Waals surface area contributed by atoms with Crippen molar-refractivity contribution in [2.24, 2.45) is 0 Å². The second kappa shape index (κ2) is 11.9. The molecule has 0 aliphatic rings. The molecule has 0 aliphatic heterocycles. The van der Waals surface area contributed by atoms with E-state index in [4.69, 9.17) is 14.2 Å². The third-order valence-corrected chi connectivity index (χ3v) is 3.23. The lowest BCUT2D eigenvalue weighted by molar-refractivity contribution is -0.365. The molecule has 0 atom stereocenters. The van der Waals surface area contributed by atoms with Crippen LogP contribution in [-0.2, 0) is 14.2 Å². The van der Waals surface area contributed by atoms with Gasteiger partial charge in [-0.25, -0.2) is 0 Å². The van der Waals surface area contributed by atoms with Gasteiger partial charge in [0, 0.05) is 20.6 Å². The Hall–Kier alpha value is -0.120. The SMILES string of the molecule is CCCCCCCCCC(OC)(OC)OCCC. The Balaban J connectivity index is 3.69. The van der Waals surface area contributed by atoms with Gasteiger partial charge in [0.15, 0.2) is 0 Å². The molecule has 0 unspecified atom stereocenters. The van der Waals surface area contributed by atoms with E-state index in [1.807, 2.05) is 0 Å². The van der Waals surface area contributed by atoms with Gasteiger partial charge in [0.05, 0.1) is 6.61 Å². The summed E-state index contributed by atoms with van der Waals surface area (Å²) in [6, 6.07) is 0. The van der Waals surface area contributed by atoms with Crippen molar-refractivity contribution in [2.75, 3.05) is 20.8 Å². The molecule has 0 amide bonds. The Labute approximate surface area is 113 Å². The molecule has 0 fully saturated rings. The summed E-state index contributed by atoms with van der Waals surface area (Å²) in [5.74, 6) is -0.820. The van der Waals surface area contributed by atoms with E-state index < -0.39 is 5.97 Å². The third-order valence-electron chi connectivity index (χ3n) is 3.23. The summed E-state index contributed by atoms with van der Waals surface area (Å²) < 4.78 is 16.5. The Kier molecular flexibility index (Phi) is 11.9. The Morgan fingerprint density at radius 2 is 1.28 bits per heavy atom. The van der Waals surface area contributed by atoms with Crippen LogP contribution in [0.4, 0.5) is 0 Å². The predicted molar refractivity (Wildman–Crippen MR) is 75.6 cm³/mol. The second-order valence-corrected chi connectivity index (χ2v) is 4.81. The van der Waals surface area contributed by atoms with Crippen molar-refractivity contribution in [3.05, 3.63) is 0 Å². The molecule has 0 radical (unpaired) electrons. The molecular formula is C15H32O3. The first-order valence-corrected chi connectivity index (χ1v) is 7.49. The molecule has 3 nitrogen and oxygen atoms in total. The zero-order valence-corrected chi connectivity index (χ0v) is 12.8. The van der Waals surface area contributed by atoms with Crippen molar-refractivity contribution in [3.8, 4) is 0 Å². The van der Waals surface area contributed by atoms with Gasteiger partial charge < -0.3 is 14.2 Å². The van der Waals surface area contributed by atoms with E-state index in [0.29, 0.717) is 6.61 Å². The van der Waals surface area contributed by atoms with E-state index in [1.54, 1.807) is 14.2 Å². The highest BCUT2D eigenvalue weighted by Gasteiger charge is 2.29. The summed E-state index contributed by atoms with van der Waals surface area (Å²) in [7, 11) is 3.31. The number of unbranched alkanes of at least 4 members (excludes halogenated alkanes) is 6. The number of rotatable bonds is 13. The molecule has 0 heterocycles. The van der Waals surface area contributed by atoms with Gasteiger partial charge in [0.1, 0.15) is 0 Å². The second-order valence-electron chi connectivity index (χ2n) is 4.81. The Morgan fingerprint density at radius 1 is 0.722 bits per heavy atom. The van der Waals surface area contributed by atoms with Crippen LogP contribution >= 0.6 is 0 Å². The van der Waals surface area contributed by atoms with Crippen LogP contribution in [0, 0.1) is 0 Å². The molecule has 3 heteroatoms. The van der Waals surface area contributed by atoms with Crippen LogP contribution < -0.4 is 0 Å². The molecule has 0 N–H and O–H groups in total. The van der Waals surface area contributed by atoms with Crippen LogP contribution in [0.3, 0.4) is 0 Å². The standard InChI is InChI=1S/C15H32O3/c1-5-7-8-9-10-11-12-13-15(16-3,17-4)18-14-6-2/h5-14H2,1-4H3. The van der Waals surface area contributed by atoms with E-state index in [0.717, 1.165) is 19.3 Å². The molecule has 18 heavy (non-hydrogen) atoms. The minimum atomic E-state index is -0.820. The van der Waals surface area contributed by atoms with Crippen molar-refractivity contribution < 1.29 is 14.2 Å². The smallest absolute Gasteiger partial charge is 0.282 e. The lowest BCUT2D eigenvalue weighted by Gasteiger charge is -2.30. The van der Waals surface area contributed by atoms with Gasteiger partial charge in [-0.1, -0.05) is 52.4 Å². The van der Waals surface area contributed by atoms with Gasteiger partial charge in [-0.15, -0.1) is 0 Å². The number of hydrogen-bond donors (Lipinski definition) is 0. The zero-order chi connectivity index (χ0) is 13.7. The van der Waals surface area contributed by atoms with Crippen LogP contribution in [-0.4, -0.2) is 26.8 Å². The number of ether oxygens (including phenoxy) is 3. The maximum atomic E-state index is 5.68. The lowest BCUT2D eigenvalue weighted by atomic mass is 10.1. The molecule has 0 spiro atoms. The molecule has 0 bridgehead atoms. The van der Waals surface area contributed by atoms with Gasteiger partial charge in [0.2, 0.25) is 0 Å². The fourth-order valence-corrected chi connectivity index (χ4v) is 2.03. The van der Waals surface area contributed by atoms with E-state index in [2.05, 4.69) is 13.8 Å². The van der Waals surface area contributed by atoms with Crippen LogP contribution in [0.1, 0.15) is 71.6 Å². The average Bonchev–Trinajstić information content (AvgIpc) is 2.42. The predicted octanol–water partition coefficient (Wildman–Crippen LogP) is 4.50. The van der Waals surface area contributed by atoms with Gasteiger partial charge in [-0.05, 0) is 12.8 Å². The molecule has 0 aromatic rings. The summed E-state index contributed by atoms with van der Waals surface area (Å²) in [6.45, 7) is 5.01. The van der Waals surface area contributed by atoms with Crippen molar-refractivity contribution in [1.29, 1.82) is 0 Å². The molecule has 0 rings (SSSR count). The van der Waals surface area contributed by atoms with E-state index in [1.165, 1.54) is 38.5 Å². The van der Waals surface area contributed by atoms with Gasteiger partial charge in [-0.3, -0.25) is 0 Å². The van der Waals surface area contributed by atoms with Crippen molar-refractivity contribution >= 4 is 0 Å². The summed E-state index contributed by atoms with van der Waals surface area (Å²) in [6.07, 6.45) is 10.8. The van der Waals surface area contributed by atoms with E-state index in [9.17, 15) is 0 Å². The first kappa shape index (κ1) is 17.9. The van der Waals surface area contributed by atoms with Crippen LogP contribution in [0.2, 0.25) is 0 Å². The quantitative estimate of drug-likeness (QED) is 0.360. The minimum Gasteiger partial charge on any atom is -0.331 e. The van der Waals surface area contributed by atoms with Crippen molar-refractivity contribution in [2.45, 2.75) is 77.6 Å². The monoisotopic (exact) mass is 260 g/mol. The minimum absolute atomic E-state index is 0.679. The molecule has 0 saturated carbocycles. The normalized spacial score (nSPS) is 12.0. The van der Waals surface area contributed by atoms with Gasteiger partial charge in [-0.2, -0.15) is 0 Å². The first-order valence-electron chi connectivity index (χ1n) is 7.49. The Morgan fingerprint density at radius 3 is 1.78 bits per heavy atom. The summed E-state index contributed by atoms with van der Waals surface area (Å²) in [5, 5.41) is 0. The largest absolute Gasteiger partial charge is 0.331 e. The van der Waals surface area contributed by atoms with E-state index in [-0.39, 0.29) is 0 Å². The molecule has 0 aromatic heterocycles. The first-order chi connectivity index (χ1) is 8.74. The highest BCUT2D eigenvalue weighted by Crippen LogP contribution is 2.22. The summed E-state index contributed by atoms with van der Waals surface area (Å²) in [5.41, 5.74) is 0. The molecule has 0 aromatic carbocycles. The average molecular weight is 260 g/mol. The third kappa shape index (κ3) is 8.06. The van der Waals surface area contributed by atoms with Gasteiger partial charge in [0.25, 0.3) is 5.97 Å². The maximum Gasteiger partial charge on any atom is 0.282 e. The Bertz CT molecular complexity index is 167.